The van der Waals surface area contributed by atoms with Crippen LogP contribution in [0.15, 0.2) is 48.5 Å². The molecule has 2 aromatic carbocycles. The number of nitrogens with one attached hydrogen (secondary N) is 3. The molecule has 0 spiro atoms. The van der Waals surface area contributed by atoms with Gasteiger partial charge in [0.1, 0.15) is 0 Å². The summed E-state index contributed by atoms with van der Waals surface area (Å²) >= 11 is 0. The summed E-state index contributed by atoms with van der Waals surface area (Å²) in [5.74, 6) is -1.64. The van der Waals surface area contributed by atoms with Crippen LogP contribution in [0, 0.1) is 10.1 Å². The van der Waals surface area contributed by atoms with Crippen LogP contribution in [0.2, 0.25) is 0 Å². The van der Waals surface area contributed by atoms with E-state index in [-0.39, 0.29) is 23.7 Å². The maximum atomic E-state index is 12.2. The number of aryl methyl sites for hydroxylation is 1. The molecule has 10 heteroatoms. The Kier molecular flexibility index (Phi) is 6.58. The molecule has 0 aromatic heterocycles. The van der Waals surface area contributed by atoms with Crippen molar-refractivity contribution in [3.8, 4) is 0 Å². The Morgan fingerprint density at radius 2 is 1.80 bits per heavy atom. The highest BCUT2D eigenvalue weighted by Gasteiger charge is 2.19. The van der Waals surface area contributed by atoms with Crippen molar-refractivity contribution in [1.29, 1.82) is 0 Å². The lowest BCUT2D eigenvalue weighted by molar-refractivity contribution is -0.384. The van der Waals surface area contributed by atoms with Crippen LogP contribution in [0.25, 0.3) is 0 Å². The van der Waals surface area contributed by atoms with Crippen molar-refractivity contribution in [3.63, 3.8) is 0 Å². The zero-order valence-electron chi connectivity index (χ0n) is 16.1. The maximum absolute atomic E-state index is 12.2. The highest BCUT2D eigenvalue weighted by molar-refractivity contribution is 5.97. The molecular weight excluding hydrogens is 390 g/mol. The molecule has 0 radical (unpaired) electrons. The Morgan fingerprint density at radius 1 is 1.03 bits per heavy atom. The number of nitro benzene ring substituents is 1. The predicted octanol–water partition coefficient (Wildman–Crippen LogP) is 0.925. The van der Waals surface area contributed by atoms with Crippen LogP contribution < -0.4 is 21.1 Å². The molecule has 3 amide bonds. The van der Waals surface area contributed by atoms with Gasteiger partial charge in [-0.25, -0.2) is 0 Å². The SMILES string of the molecule is O=C(CNC(=O)c1cccc([N+](=O)[O-])c1)NNC(=O)CN1CCCc2ccccc21. The monoisotopic (exact) mass is 411 g/mol. The van der Waals surface area contributed by atoms with E-state index in [4.69, 9.17) is 0 Å². The summed E-state index contributed by atoms with van der Waals surface area (Å²) in [5.41, 5.74) is 6.60. The lowest BCUT2D eigenvalue weighted by Crippen LogP contribution is -2.49. The van der Waals surface area contributed by atoms with Crippen molar-refractivity contribution in [2.45, 2.75) is 12.8 Å². The highest BCUT2D eigenvalue weighted by atomic mass is 16.6. The lowest BCUT2D eigenvalue weighted by atomic mass is 10.0. The van der Waals surface area contributed by atoms with Gasteiger partial charge in [0.15, 0.2) is 0 Å². The highest BCUT2D eigenvalue weighted by Crippen LogP contribution is 2.26. The molecule has 1 heterocycles. The van der Waals surface area contributed by atoms with Crippen molar-refractivity contribution >= 4 is 29.1 Å². The number of hydrogen-bond donors (Lipinski definition) is 3. The van der Waals surface area contributed by atoms with E-state index in [0.717, 1.165) is 31.1 Å². The third-order valence-corrected chi connectivity index (χ3v) is 4.61. The van der Waals surface area contributed by atoms with E-state index in [1.54, 1.807) is 0 Å². The molecule has 0 atom stereocenters. The van der Waals surface area contributed by atoms with E-state index in [9.17, 15) is 24.5 Å². The van der Waals surface area contributed by atoms with E-state index in [0.29, 0.717) is 0 Å². The molecular formula is C20H21N5O5. The zero-order chi connectivity index (χ0) is 21.5. The summed E-state index contributed by atoms with van der Waals surface area (Å²) in [7, 11) is 0. The van der Waals surface area contributed by atoms with E-state index >= 15 is 0 Å². The number of carbonyl (C=O) groups is 3. The van der Waals surface area contributed by atoms with Gasteiger partial charge in [0.2, 0.25) is 0 Å². The fourth-order valence-corrected chi connectivity index (χ4v) is 3.20. The Bertz CT molecular complexity index is 978. The number of anilines is 1. The number of benzene rings is 2. The molecule has 3 N–H and O–H groups in total. The van der Waals surface area contributed by atoms with Gasteiger partial charge in [-0.15, -0.1) is 0 Å². The number of amides is 3. The van der Waals surface area contributed by atoms with E-state index in [1.165, 1.54) is 23.8 Å². The molecule has 2 aromatic rings. The second-order valence-corrected chi connectivity index (χ2v) is 6.74. The first-order chi connectivity index (χ1) is 14.4. The summed E-state index contributed by atoms with van der Waals surface area (Å²) < 4.78 is 0. The number of hydrogen-bond acceptors (Lipinski definition) is 6. The van der Waals surface area contributed by atoms with Gasteiger partial charge in [-0.2, -0.15) is 0 Å². The standard InChI is InChI=1S/C20H21N5O5/c26-18(12-21-20(28)15-6-3-8-16(11-15)25(29)30)22-23-19(27)13-24-10-4-7-14-5-1-2-9-17(14)24/h1-3,5-6,8-9,11H,4,7,10,12-13H2,(H,21,28)(H,22,26)(H,23,27). The minimum absolute atomic E-state index is 0.0600. The number of carbonyl (C=O) groups excluding carboxylic acids is 3. The summed E-state index contributed by atoms with van der Waals surface area (Å²) in [6.45, 7) is 0.448. The number of non-ortho nitro benzene ring substituents is 1. The van der Waals surface area contributed by atoms with E-state index < -0.39 is 23.3 Å². The molecule has 0 saturated carbocycles. The Hall–Kier alpha value is -3.95. The molecule has 0 aliphatic carbocycles. The summed E-state index contributed by atoms with van der Waals surface area (Å²) in [5, 5.41) is 13.1. The number of nitro groups is 1. The third kappa shape index (κ3) is 5.31. The molecule has 0 saturated heterocycles. The van der Waals surface area contributed by atoms with E-state index in [1.807, 2.05) is 29.2 Å². The number of rotatable bonds is 6. The number of nitrogens with zero attached hydrogens (tertiary/aromatic N) is 2. The zero-order valence-corrected chi connectivity index (χ0v) is 16.1. The van der Waals surface area contributed by atoms with Gasteiger partial charge in [-0.1, -0.05) is 24.3 Å². The van der Waals surface area contributed by atoms with Crippen molar-refractivity contribution in [3.05, 3.63) is 69.8 Å². The minimum Gasteiger partial charge on any atom is -0.362 e. The molecule has 156 valence electrons. The van der Waals surface area contributed by atoms with E-state index in [2.05, 4.69) is 16.2 Å². The van der Waals surface area contributed by atoms with Crippen LogP contribution in [0.3, 0.4) is 0 Å². The Labute approximate surface area is 172 Å². The predicted molar refractivity (Wildman–Crippen MR) is 109 cm³/mol. The average Bonchev–Trinajstić information content (AvgIpc) is 2.76. The molecule has 0 fully saturated rings. The fraction of sp³-hybridized carbons (Fsp3) is 0.250. The smallest absolute Gasteiger partial charge is 0.270 e. The second-order valence-electron chi connectivity index (χ2n) is 6.74. The minimum atomic E-state index is -0.634. The molecule has 3 rings (SSSR count). The first kappa shape index (κ1) is 20.8. The van der Waals surface area contributed by atoms with Gasteiger partial charge in [0.05, 0.1) is 18.0 Å². The van der Waals surface area contributed by atoms with Crippen LogP contribution in [0.1, 0.15) is 22.3 Å². The average molecular weight is 411 g/mol. The van der Waals surface area contributed by atoms with Gasteiger partial charge in [-0.05, 0) is 30.5 Å². The number of hydrazine groups is 1. The summed E-state index contributed by atoms with van der Waals surface area (Å²) in [6.07, 6.45) is 1.91. The molecule has 10 nitrogen and oxygen atoms in total. The summed E-state index contributed by atoms with van der Waals surface area (Å²) in [4.78, 5) is 48.2. The fourth-order valence-electron chi connectivity index (χ4n) is 3.20. The molecule has 30 heavy (non-hydrogen) atoms. The van der Waals surface area contributed by atoms with Crippen molar-refractivity contribution in [2.24, 2.45) is 0 Å². The largest absolute Gasteiger partial charge is 0.362 e. The summed E-state index contributed by atoms with van der Waals surface area (Å²) in [6, 6.07) is 13.0. The first-order valence-electron chi connectivity index (χ1n) is 9.37. The van der Waals surface area contributed by atoms with Crippen molar-refractivity contribution in [1.82, 2.24) is 16.2 Å². The van der Waals surface area contributed by atoms with Gasteiger partial charge in [0, 0.05) is 29.9 Å². The van der Waals surface area contributed by atoms with Gasteiger partial charge < -0.3 is 10.2 Å². The molecule has 1 aliphatic rings. The molecule has 0 bridgehead atoms. The van der Waals surface area contributed by atoms with Crippen molar-refractivity contribution < 1.29 is 19.3 Å². The quantitative estimate of drug-likeness (QED) is 0.478. The van der Waals surface area contributed by atoms with Crippen LogP contribution in [0.5, 0.6) is 0 Å². The third-order valence-electron chi connectivity index (χ3n) is 4.61. The van der Waals surface area contributed by atoms with Crippen molar-refractivity contribution in [2.75, 3.05) is 24.5 Å². The molecule has 1 aliphatic heterocycles. The Balaban J connectivity index is 1.44. The van der Waals surface area contributed by atoms with Gasteiger partial charge in [0.25, 0.3) is 23.4 Å². The first-order valence-corrected chi connectivity index (χ1v) is 9.37. The maximum Gasteiger partial charge on any atom is 0.270 e. The van der Waals surface area contributed by atoms with Crippen LogP contribution >= 0.6 is 0 Å². The van der Waals surface area contributed by atoms with Gasteiger partial charge in [-0.3, -0.25) is 35.3 Å². The normalized spacial score (nSPS) is 12.5. The Morgan fingerprint density at radius 3 is 2.60 bits per heavy atom. The van der Waals surface area contributed by atoms with Crippen LogP contribution in [-0.2, 0) is 16.0 Å². The second kappa shape index (κ2) is 9.50. The van der Waals surface area contributed by atoms with Gasteiger partial charge >= 0.3 is 0 Å². The topological polar surface area (TPSA) is 134 Å². The van der Waals surface area contributed by atoms with Crippen LogP contribution in [-0.4, -0.2) is 42.3 Å². The lowest BCUT2D eigenvalue weighted by Gasteiger charge is -2.30. The number of para-hydroxylation sites is 1. The van der Waals surface area contributed by atoms with Crippen LogP contribution in [0.4, 0.5) is 11.4 Å². The molecule has 0 unspecified atom stereocenters. The number of fused-ring (bicyclic) bond motifs is 1.